The highest BCUT2D eigenvalue weighted by molar-refractivity contribution is 5.07. The standard InChI is InChI=1S/C17H31N/c1-16(2,3)18-12-17(10-13-9-14(13)11-17)15-7-5-4-6-8-15/h13-15,18H,4-12H2,1-3H3. The Morgan fingerprint density at radius 2 is 1.61 bits per heavy atom. The van der Waals surface area contributed by atoms with Crippen LogP contribution in [0.1, 0.15) is 72.1 Å². The molecule has 3 fully saturated rings. The van der Waals surface area contributed by atoms with E-state index in [4.69, 9.17) is 0 Å². The topological polar surface area (TPSA) is 12.0 Å². The van der Waals surface area contributed by atoms with E-state index < -0.39 is 0 Å². The molecule has 0 aromatic rings. The minimum atomic E-state index is 0.286. The van der Waals surface area contributed by atoms with Crippen molar-refractivity contribution in [2.75, 3.05) is 6.54 Å². The fourth-order valence-corrected chi connectivity index (χ4v) is 4.72. The molecule has 0 aromatic carbocycles. The number of fused-ring (bicyclic) bond motifs is 1. The molecule has 0 radical (unpaired) electrons. The molecule has 0 spiro atoms. The van der Waals surface area contributed by atoms with Gasteiger partial charge in [0.2, 0.25) is 0 Å². The highest BCUT2D eigenvalue weighted by Crippen LogP contribution is 2.63. The zero-order valence-electron chi connectivity index (χ0n) is 12.6. The fourth-order valence-electron chi connectivity index (χ4n) is 4.72. The van der Waals surface area contributed by atoms with E-state index >= 15 is 0 Å². The highest BCUT2D eigenvalue weighted by Gasteiger charge is 2.56. The quantitative estimate of drug-likeness (QED) is 0.783. The first-order valence-electron chi connectivity index (χ1n) is 8.24. The maximum Gasteiger partial charge on any atom is 0.00967 e. The fraction of sp³-hybridized carbons (Fsp3) is 1.00. The molecule has 0 saturated heterocycles. The van der Waals surface area contributed by atoms with Crippen molar-refractivity contribution in [2.45, 2.75) is 77.7 Å². The van der Waals surface area contributed by atoms with E-state index in [1.54, 1.807) is 19.3 Å². The summed E-state index contributed by atoms with van der Waals surface area (Å²) in [5.74, 6) is 3.27. The van der Waals surface area contributed by atoms with Gasteiger partial charge in [0, 0.05) is 12.1 Å². The maximum absolute atomic E-state index is 3.84. The molecule has 104 valence electrons. The molecule has 18 heavy (non-hydrogen) atoms. The van der Waals surface area contributed by atoms with Crippen LogP contribution in [-0.4, -0.2) is 12.1 Å². The minimum absolute atomic E-state index is 0.286. The van der Waals surface area contributed by atoms with E-state index in [2.05, 4.69) is 26.1 Å². The molecular formula is C17H31N. The molecule has 0 bridgehead atoms. The Morgan fingerprint density at radius 3 is 2.17 bits per heavy atom. The van der Waals surface area contributed by atoms with Crippen LogP contribution in [0, 0.1) is 23.2 Å². The van der Waals surface area contributed by atoms with Gasteiger partial charge in [-0.2, -0.15) is 0 Å². The SMILES string of the molecule is CC(C)(C)NCC1(C2CCCCC2)CC2CC2C1. The van der Waals surface area contributed by atoms with Gasteiger partial charge in [-0.1, -0.05) is 19.3 Å². The Morgan fingerprint density at radius 1 is 1.00 bits per heavy atom. The number of nitrogens with one attached hydrogen (secondary N) is 1. The lowest BCUT2D eigenvalue weighted by Crippen LogP contribution is -2.47. The lowest BCUT2D eigenvalue weighted by molar-refractivity contribution is 0.0953. The van der Waals surface area contributed by atoms with Gasteiger partial charge in [-0.25, -0.2) is 0 Å². The first kappa shape index (κ1) is 13.0. The van der Waals surface area contributed by atoms with Gasteiger partial charge in [-0.15, -0.1) is 0 Å². The molecule has 1 nitrogen and oxygen atoms in total. The molecule has 3 rings (SSSR count). The van der Waals surface area contributed by atoms with Crippen LogP contribution in [0.15, 0.2) is 0 Å². The molecule has 3 aliphatic carbocycles. The lowest BCUT2D eigenvalue weighted by Gasteiger charge is -2.43. The third-order valence-electron chi connectivity index (χ3n) is 5.85. The average Bonchev–Trinajstić information content (AvgIpc) is 2.95. The van der Waals surface area contributed by atoms with Crippen molar-refractivity contribution in [2.24, 2.45) is 23.2 Å². The van der Waals surface area contributed by atoms with Crippen LogP contribution in [0.4, 0.5) is 0 Å². The third kappa shape index (κ3) is 2.61. The van der Waals surface area contributed by atoms with Crippen molar-refractivity contribution in [3.05, 3.63) is 0 Å². The summed E-state index contributed by atoms with van der Waals surface area (Å²) in [6, 6.07) is 0. The first-order chi connectivity index (χ1) is 8.49. The largest absolute Gasteiger partial charge is 0.312 e. The molecule has 2 unspecified atom stereocenters. The molecule has 3 aliphatic rings. The molecule has 3 saturated carbocycles. The van der Waals surface area contributed by atoms with Crippen LogP contribution in [0.2, 0.25) is 0 Å². The Kier molecular flexibility index (Phi) is 3.25. The van der Waals surface area contributed by atoms with Crippen LogP contribution in [-0.2, 0) is 0 Å². The van der Waals surface area contributed by atoms with Crippen molar-refractivity contribution in [1.29, 1.82) is 0 Å². The van der Waals surface area contributed by atoms with Gasteiger partial charge in [-0.05, 0) is 76.0 Å². The Hall–Kier alpha value is -0.0400. The Labute approximate surface area is 113 Å². The molecule has 0 heterocycles. The van der Waals surface area contributed by atoms with Gasteiger partial charge in [0.25, 0.3) is 0 Å². The molecule has 1 heteroatoms. The number of hydrogen-bond acceptors (Lipinski definition) is 1. The summed E-state index contributed by atoms with van der Waals surface area (Å²) in [5, 5.41) is 3.84. The van der Waals surface area contributed by atoms with Crippen molar-refractivity contribution in [3.63, 3.8) is 0 Å². The van der Waals surface area contributed by atoms with Crippen LogP contribution < -0.4 is 5.32 Å². The molecule has 0 aliphatic heterocycles. The number of hydrogen-bond donors (Lipinski definition) is 1. The van der Waals surface area contributed by atoms with E-state index in [1.165, 1.54) is 38.6 Å². The van der Waals surface area contributed by atoms with E-state index in [0.29, 0.717) is 5.41 Å². The highest BCUT2D eigenvalue weighted by atomic mass is 15.0. The van der Waals surface area contributed by atoms with Crippen molar-refractivity contribution < 1.29 is 0 Å². The molecule has 0 aromatic heterocycles. The molecule has 1 N–H and O–H groups in total. The zero-order chi connectivity index (χ0) is 12.8. The van der Waals surface area contributed by atoms with E-state index in [0.717, 1.165) is 17.8 Å². The first-order valence-corrected chi connectivity index (χ1v) is 8.24. The monoisotopic (exact) mass is 249 g/mol. The Bertz CT molecular complexity index is 285. The van der Waals surface area contributed by atoms with E-state index in [-0.39, 0.29) is 5.54 Å². The normalized spacial score (nSPS) is 40.8. The summed E-state index contributed by atoms with van der Waals surface area (Å²) in [6.45, 7) is 8.24. The van der Waals surface area contributed by atoms with Gasteiger partial charge >= 0.3 is 0 Å². The van der Waals surface area contributed by atoms with Gasteiger partial charge in [0.05, 0.1) is 0 Å². The van der Waals surface area contributed by atoms with Crippen LogP contribution in [0.5, 0.6) is 0 Å². The summed E-state index contributed by atoms with van der Waals surface area (Å²) >= 11 is 0. The lowest BCUT2D eigenvalue weighted by atomic mass is 9.66. The second kappa shape index (κ2) is 4.51. The van der Waals surface area contributed by atoms with Crippen molar-refractivity contribution in [3.8, 4) is 0 Å². The van der Waals surface area contributed by atoms with Crippen LogP contribution in [0.3, 0.4) is 0 Å². The predicted molar refractivity (Wildman–Crippen MR) is 77.6 cm³/mol. The Balaban J connectivity index is 1.68. The number of rotatable bonds is 3. The predicted octanol–water partition coefficient (Wildman–Crippen LogP) is 4.37. The van der Waals surface area contributed by atoms with Crippen molar-refractivity contribution in [1.82, 2.24) is 5.32 Å². The second-order valence-corrected chi connectivity index (χ2v) is 8.46. The maximum atomic E-state index is 3.84. The van der Waals surface area contributed by atoms with Gasteiger partial charge in [0.1, 0.15) is 0 Å². The summed E-state index contributed by atoms with van der Waals surface area (Å²) in [7, 11) is 0. The van der Waals surface area contributed by atoms with Crippen molar-refractivity contribution >= 4 is 0 Å². The molecule has 0 amide bonds. The van der Waals surface area contributed by atoms with E-state index in [9.17, 15) is 0 Å². The summed E-state index contributed by atoms with van der Waals surface area (Å²) in [6.07, 6.45) is 12.2. The molecule has 2 atom stereocenters. The van der Waals surface area contributed by atoms with E-state index in [1.807, 2.05) is 0 Å². The summed E-state index contributed by atoms with van der Waals surface area (Å²) in [5.41, 5.74) is 0.968. The summed E-state index contributed by atoms with van der Waals surface area (Å²) in [4.78, 5) is 0. The van der Waals surface area contributed by atoms with Crippen LogP contribution in [0.25, 0.3) is 0 Å². The van der Waals surface area contributed by atoms with Gasteiger partial charge < -0.3 is 5.32 Å². The summed E-state index contributed by atoms with van der Waals surface area (Å²) < 4.78 is 0. The average molecular weight is 249 g/mol. The second-order valence-electron chi connectivity index (χ2n) is 8.46. The van der Waals surface area contributed by atoms with Gasteiger partial charge in [-0.3, -0.25) is 0 Å². The zero-order valence-corrected chi connectivity index (χ0v) is 12.6. The smallest absolute Gasteiger partial charge is 0.00967 e. The molecular weight excluding hydrogens is 218 g/mol. The van der Waals surface area contributed by atoms with Crippen LogP contribution >= 0.6 is 0 Å². The third-order valence-corrected chi connectivity index (χ3v) is 5.85. The minimum Gasteiger partial charge on any atom is -0.312 e. The van der Waals surface area contributed by atoms with Gasteiger partial charge in [0.15, 0.2) is 0 Å².